The minimum atomic E-state index is 0.214. The number of allylic oxidation sites excluding steroid dienone is 1. The van der Waals surface area contributed by atoms with E-state index in [2.05, 4.69) is 38.1 Å². The average Bonchev–Trinajstić information content (AvgIpc) is 2.49. The molecule has 2 nitrogen and oxygen atoms in total. The zero-order valence-corrected chi connectivity index (χ0v) is 12.0. The third-order valence-corrected chi connectivity index (χ3v) is 4.03. The predicted molar refractivity (Wildman–Crippen MR) is 78.8 cm³/mol. The van der Waals surface area contributed by atoms with Crippen molar-refractivity contribution in [3.05, 3.63) is 42.2 Å². The molecule has 1 heterocycles. The second-order valence-electron chi connectivity index (χ2n) is 5.49. The Morgan fingerprint density at radius 1 is 1.37 bits per heavy atom. The van der Waals surface area contributed by atoms with Gasteiger partial charge in [0.2, 0.25) is 0 Å². The SMILES string of the molecule is CCC1(CO/C=C(/C)c2ccccc2)CCCOC1. The van der Waals surface area contributed by atoms with Crippen molar-refractivity contribution in [3.8, 4) is 0 Å². The van der Waals surface area contributed by atoms with Crippen LogP contribution in [-0.4, -0.2) is 19.8 Å². The van der Waals surface area contributed by atoms with Crippen molar-refractivity contribution < 1.29 is 9.47 Å². The fraction of sp³-hybridized carbons (Fsp3) is 0.529. The molecular weight excluding hydrogens is 236 g/mol. The van der Waals surface area contributed by atoms with Gasteiger partial charge in [-0.25, -0.2) is 0 Å². The van der Waals surface area contributed by atoms with Gasteiger partial charge in [0, 0.05) is 12.0 Å². The number of ether oxygens (including phenoxy) is 2. The number of hydrogen-bond acceptors (Lipinski definition) is 2. The highest BCUT2D eigenvalue weighted by molar-refractivity contribution is 5.62. The van der Waals surface area contributed by atoms with Crippen LogP contribution in [0.25, 0.3) is 5.57 Å². The van der Waals surface area contributed by atoms with Crippen molar-refractivity contribution in [2.45, 2.75) is 33.1 Å². The highest BCUT2D eigenvalue weighted by atomic mass is 16.5. The quantitative estimate of drug-likeness (QED) is 0.736. The van der Waals surface area contributed by atoms with E-state index in [0.717, 1.165) is 32.7 Å². The van der Waals surface area contributed by atoms with E-state index in [1.54, 1.807) is 0 Å². The van der Waals surface area contributed by atoms with Crippen molar-refractivity contribution >= 4 is 5.57 Å². The number of hydrogen-bond donors (Lipinski definition) is 0. The zero-order valence-electron chi connectivity index (χ0n) is 12.0. The van der Waals surface area contributed by atoms with Crippen molar-refractivity contribution in [1.82, 2.24) is 0 Å². The highest BCUT2D eigenvalue weighted by Crippen LogP contribution is 2.32. The molecule has 0 radical (unpaired) electrons. The van der Waals surface area contributed by atoms with Crippen LogP contribution in [0.5, 0.6) is 0 Å². The fourth-order valence-corrected chi connectivity index (χ4v) is 2.52. The first kappa shape index (κ1) is 14.1. The Morgan fingerprint density at radius 2 is 2.16 bits per heavy atom. The molecule has 1 aliphatic rings. The van der Waals surface area contributed by atoms with Crippen LogP contribution in [0.3, 0.4) is 0 Å². The third-order valence-electron chi connectivity index (χ3n) is 4.03. The molecule has 1 fully saturated rings. The van der Waals surface area contributed by atoms with E-state index in [0.29, 0.717) is 0 Å². The van der Waals surface area contributed by atoms with Gasteiger partial charge in [-0.2, -0.15) is 0 Å². The van der Waals surface area contributed by atoms with Crippen LogP contribution in [-0.2, 0) is 9.47 Å². The monoisotopic (exact) mass is 260 g/mol. The van der Waals surface area contributed by atoms with Gasteiger partial charge in [0.15, 0.2) is 0 Å². The minimum Gasteiger partial charge on any atom is -0.500 e. The summed E-state index contributed by atoms with van der Waals surface area (Å²) in [5.74, 6) is 0. The van der Waals surface area contributed by atoms with E-state index < -0.39 is 0 Å². The van der Waals surface area contributed by atoms with Gasteiger partial charge in [0.25, 0.3) is 0 Å². The maximum absolute atomic E-state index is 5.84. The lowest BCUT2D eigenvalue weighted by atomic mass is 9.81. The van der Waals surface area contributed by atoms with E-state index in [1.165, 1.54) is 17.6 Å². The summed E-state index contributed by atoms with van der Waals surface area (Å²) in [7, 11) is 0. The van der Waals surface area contributed by atoms with E-state index >= 15 is 0 Å². The summed E-state index contributed by atoms with van der Waals surface area (Å²) in [4.78, 5) is 0. The lowest BCUT2D eigenvalue weighted by Crippen LogP contribution is -2.35. The molecule has 1 aromatic rings. The second kappa shape index (κ2) is 6.76. The van der Waals surface area contributed by atoms with Crippen LogP contribution >= 0.6 is 0 Å². The van der Waals surface area contributed by atoms with Gasteiger partial charge in [-0.1, -0.05) is 37.3 Å². The second-order valence-corrected chi connectivity index (χ2v) is 5.49. The van der Waals surface area contributed by atoms with Crippen molar-refractivity contribution in [2.24, 2.45) is 5.41 Å². The molecule has 0 spiro atoms. The van der Waals surface area contributed by atoms with Gasteiger partial charge in [0.05, 0.1) is 19.5 Å². The summed E-state index contributed by atoms with van der Waals surface area (Å²) in [6.45, 7) is 6.81. The molecule has 0 N–H and O–H groups in total. The van der Waals surface area contributed by atoms with Gasteiger partial charge < -0.3 is 9.47 Å². The molecule has 2 rings (SSSR count). The molecule has 0 amide bonds. The highest BCUT2D eigenvalue weighted by Gasteiger charge is 2.31. The van der Waals surface area contributed by atoms with Gasteiger partial charge in [0.1, 0.15) is 0 Å². The molecule has 2 heteroatoms. The summed E-state index contributed by atoms with van der Waals surface area (Å²) in [5, 5.41) is 0. The van der Waals surface area contributed by atoms with Crippen LogP contribution < -0.4 is 0 Å². The molecule has 19 heavy (non-hydrogen) atoms. The van der Waals surface area contributed by atoms with E-state index in [-0.39, 0.29) is 5.41 Å². The van der Waals surface area contributed by atoms with Crippen molar-refractivity contribution in [2.75, 3.05) is 19.8 Å². The van der Waals surface area contributed by atoms with Crippen LogP contribution in [0.2, 0.25) is 0 Å². The zero-order chi connectivity index (χ0) is 13.6. The Morgan fingerprint density at radius 3 is 2.79 bits per heavy atom. The van der Waals surface area contributed by atoms with Gasteiger partial charge in [-0.15, -0.1) is 0 Å². The van der Waals surface area contributed by atoms with Gasteiger partial charge in [-0.05, 0) is 37.3 Å². The maximum Gasteiger partial charge on any atom is 0.0951 e. The lowest BCUT2D eigenvalue weighted by molar-refractivity contribution is -0.0431. The summed E-state index contributed by atoms with van der Waals surface area (Å²) in [5.41, 5.74) is 2.60. The third kappa shape index (κ3) is 3.84. The normalized spacial score (nSPS) is 24.2. The van der Waals surface area contributed by atoms with Crippen LogP contribution in [0.4, 0.5) is 0 Å². The molecule has 1 saturated heterocycles. The topological polar surface area (TPSA) is 18.5 Å². The Kier molecular flexibility index (Phi) is 5.03. The van der Waals surface area contributed by atoms with Crippen molar-refractivity contribution in [1.29, 1.82) is 0 Å². The molecule has 1 aromatic carbocycles. The average molecular weight is 260 g/mol. The fourth-order valence-electron chi connectivity index (χ4n) is 2.52. The molecule has 1 aliphatic heterocycles. The first-order valence-electron chi connectivity index (χ1n) is 7.17. The van der Waals surface area contributed by atoms with Gasteiger partial charge in [-0.3, -0.25) is 0 Å². The van der Waals surface area contributed by atoms with E-state index in [4.69, 9.17) is 9.47 Å². The first-order chi connectivity index (χ1) is 9.26. The molecule has 0 bridgehead atoms. The number of rotatable bonds is 5. The Labute approximate surface area is 116 Å². The lowest BCUT2D eigenvalue weighted by Gasteiger charge is -2.35. The summed E-state index contributed by atoms with van der Waals surface area (Å²) in [6.07, 6.45) is 5.37. The number of benzene rings is 1. The minimum absolute atomic E-state index is 0.214. The molecule has 1 unspecified atom stereocenters. The smallest absolute Gasteiger partial charge is 0.0951 e. The van der Waals surface area contributed by atoms with E-state index in [9.17, 15) is 0 Å². The standard InChI is InChI=1S/C17H24O2/c1-3-17(10-7-11-18-13-17)14-19-12-15(2)16-8-5-4-6-9-16/h4-6,8-9,12H,3,7,10-11,13-14H2,1-2H3/b15-12-. The van der Waals surface area contributed by atoms with Gasteiger partial charge >= 0.3 is 0 Å². The van der Waals surface area contributed by atoms with Crippen LogP contribution in [0.15, 0.2) is 36.6 Å². The molecular formula is C17H24O2. The van der Waals surface area contributed by atoms with E-state index in [1.807, 2.05) is 12.3 Å². The Hall–Kier alpha value is -1.28. The van der Waals surface area contributed by atoms with Crippen molar-refractivity contribution in [3.63, 3.8) is 0 Å². The molecule has 0 aliphatic carbocycles. The van der Waals surface area contributed by atoms with Crippen LogP contribution in [0.1, 0.15) is 38.7 Å². The van der Waals surface area contributed by atoms with Crippen LogP contribution in [0, 0.1) is 5.41 Å². The molecule has 0 saturated carbocycles. The molecule has 1 atom stereocenters. The molecule has 0 aromatic heterocycles. The largest absolute Gasteiger partial charge is 0.500 e. The Balaban J connectivity index is 1.91. The summed E-state index contributed by atoms with van der Waals surface area (Å²) in [6, 6.07) is 10.3. The predicted octanol–water partition coefficient (Wildman–Crippen LogP) is 4.27. The maximum atomic E-state index is 5.84. The first-order valence-corrected chi connectivity index (χ1v) is 7.17. The molecule has 104 valence electrons. The Bertz CT molecular complexity index is 403. The summed E-state index contributed by atoms with van der Waals surface area (Å²) >= 11 is 0. The summed E-state index contributed by atoms with van der Waals surface area (Å²) < 4.78 is 11.5.